The minimum absolute atomic E-state index is 0.391. The molecule has 27 heavy (non-hydrogen) atoms. The number of hydrogen-bond acceptors (Lipinski definition) is 6. The summed E-state index contributed by atoms with van der Waals surface area (Å²) in [7, 11) is 0. The van der Waals surface area contributed by atoms with Gasteiger partial charge in [-0.15, -0.1) is 0 Å². The maximum Gasteiger partial charge on any atom is 0.336 e. The molecule has 1 aromatic heterocycles. The summed E-state index contributed by atoms with van der Waals surface area (Å²) in [6, 6.07) is 3.91. The molecule has 0 unspecified atom stereocenters. The minimum Gasteiger partial charge on any atom is -0.548 e. The Labute approximate surface area is 157 Å². The molecule has 7 heteroatoms. The van der Waals surface area contributed by atoms with E-state index in [4.69, 9.17) is 9.15 Å². The molecular weight excluding hydrogens is 350 g/mol. The topological polar surface area (TPSA) is 109 Å². The van der Waals surface area contributed by atoms with Gasteiger partial charge in [0.25, 0.3) is 5.91 Å². The van der Waals surface area contributed by atoms with Crippen molar-refractivity contribution in [2.75, 3.05) is 0 Å². The summed E-state index contributed by atoms with van der Waals surface area (Å²) in [6.45, 7) is 6.65. The van der Waals surface area contributed by atoms with Gasteiger partial charge < -0.3 is 24.4 Å². The van der Waals surface area contributed by atoms with Crippen molar-refractivity contribution in [3.63, 3.8) is 0 Å². The second-order valence-electron chi connectivity index (χ2n) is 6.57. The van der Waals surface area contributed by atoms with Gasteiger partial charge in [-0.2, -0.15) is 0 Å². The first-order valence-corrected chi connectivity index (χ1v) is 8.98. The van der Waals surface area contributed by atoms with Crippen LogP contribution in [0, 0.1) is 6.92 Å². The van der Waals surface area contributed by atoms with Crippen molar-refractivity contribution in [1.29, 1.82) is 0 Å². The lowest BCUT2D eigenvalue weighted by Gasteiger charge is -2.20. The number of carbonyl (C=O) groups is 2. The first-order chi connectivity index (χ1) is 12.7. The molecule has 0 fully saturated rings. The van der Waals surface area contributed by atoms with Gasteiger partial charge in [0, 0.05) is 17.0 Å². The summed E-state index contributed by atoms with van der Waals surface area (Å²) in [5, 5.41) is 13.9. The van der Waals surface area contributed by atoms with Crippen LogP contribution in [0.15, 0.2) is 27.4 Å². The molecule has 0 radical (unpaired) electrons. The van der Waals surface area contributed by atoms with Crippen LogP contribution in [0.1, 0.15) is 44.7 Å². The normalized spacial score (nSPS) is 13.2. The van der Waals surface area contributed by atoms with E-state index in [0.717, 1.165) is 30.2 Å². The number of ether oxygens (including phenoxy) is 1. The summed E-state index contributed by atoms with van der Waals surface area (Å²) in [5.74, 6) is -1.56. The fourth-order valence-corrected chi connectivity index (χ4v) is 2.74. The van der Waals surface area contributed by atoms with Gasteiger partial charge >= 0.3 is 5.63 Å². The van der Waals surface area contributed by atoms with Crippen LogP contribution in [0.4, 0.5) is 0 Å². The quantitative estimate of drug-likeness (QED) is 0.701. The van der Waals surface area contributed by atoms with E-state index in [9.17, 15) is 19.5 Å². The minimum atomic E-state index is -1.38. The van der Waals surface area contributed by atoms with Crippen molar-refractivity contribution in [2.45, 2.75) is 59.1 Å². The van der Waals surface area contributed by atoms with E-state index in [1.165, 1.54) is 19.9 Å². The van der Waals surface area contributed by atoms with Crippen LogP contribution in [0.3, 0.4) is 0 Å². The number of fused-ring (bicyclic) bond motifs is 1. The molecular formula is C20H24NO6-. The average molecular weight is 374 g/mol. The molecule has 2 rings (SSSR count). The number of rotatable bonds is 8. The highest BCUT2D eigenvalue weighted by Gasteiger charge is 2.19. The van der Waals surface area contributed by atoms with Gasteiger partial charge in [-0.05, 0) is 51.3 Å². The third-order valence-corrected chi connectivity index (χ3v) is 4.38. The number of aryl methyl sites for hydroxylation is 2. The van der Waals surface area contributed by atoms with Crippen LogP contribution >= 0.6 is 0 Å². The molecule has 0 spiro atoms. The molecule has 2 aromatic rings. The zero-order chi connectivity index (χ0) is 20.1. The number of carboxylic acids is 1. The first-order valence-electron chi connectivity index (χ1n) is 8.98. The Balaban J connectivity index is 2.29. The number of aliphatic carboxylic acids is 1. The van der Waals surface area contributed by atoms with Gasteiger partial charge in [0.1, 0.15) is 11.3 Å². The molecule has 0 aliphatic rings. The van der Waals surface area contributed by atoms with Gasteiger partial charge in [0.05, 0.1) is 12.0 Å². The Morgan fingerprint density at radius 1 is 1.30 bits per heavy atom. The molecule has 0 aliphatic carbocycles. The van der Waals surface area contributed by atoms with Crippen LogP contribution in [-0.4, -0.2) is 24.0 Å². The standard InChI is InChI=1S/C20H25NO6/c1-5-6-7-14-10-17(22)27-18-11(2)16(9-8-15(14)18)26-13(4)19(23)21-12(3)20(24)25/h8-10,12-13H,5-7H2,1-4H3,(H,21,23)(H,24,25)/p-1/t12-,13-/m0/s1. The van der Waals surface area contributed by atoms with E-state index < -0.39 is 29.6 Å². The molecule has 7 nitrogen and oxygen atoms in total. The number of unbranched alkanes of at least 4 members (excludes halogenated alkanes) is 1. The largest absolute Gasteiger partial charge is 0.548 e. The Morgan fingerprint density at radius 2 is 2.00 bits per heavy atom. The lowest BCUT2D eigenvalue weighted by atomic mass is 10.0. The number of carboxylic acid groups (broad SMARTS) is 1. The van der Waals surface area contributed by atoms with Crippen molar-refractivity contribution in [1.82, 2.24) is 5.32 Å². The lowest BCUT2D eigenvalue weighted by Crippen LogP contribution is -2.49. The first kappa shape index (κ1) is 20.5. The summed E-state index contributed by atoms with van der Waals surface area (Å²) in [4.78, 5) is 34.7. The summed E-state index contributed by atoms with van der Waals surface area (Å²) >= 11 is 0. The molecule has 0 bridgehead atoms. The van der Waals surface area contributed by atoms with Crippen molar-refractivity contribution in [3.05, 3.63) is 39.7 Å². The van der Waals surface area contributed by atoms with E-state index in [0.29, 0.717) is 16.9 Å². The van der Waals surface area contributed by atoms with Gasteiger partial charge in [0.15, 0.2) is 6.10 Å². The fourth-order valence-electron chi connectivity index (χ4n) is 2.74. The number of hydrogen-bond donors (Lipinski definition) is 1. The molecule has 2 atom stereocenters. The molecule has 1 aromatic carbocycles. The Bertz CT molecular complexity index is 901. The predicted octanol–water partition coefficient (Wildman–Crippen LogP) is 1.47. The van der Waals surface area contributed by atoms with Crippen molar-refractivity contribution in [3.8, 4) is 5.75 Å². The van der Waals surface area contributed by atoms with Crippen LogP contribution in [0.25, 0.3) is 11.0 Å². The zero-order valence-electron chi connectivity index (χ0n) is 16.0. The smallest absolute Gasteiger partial charge is 0.336 e. The Kier molecular flexibility index (Phi) is 6.60. The van der Waals surface area contributed by atoms with Gasteiger partial charge in [-0.3, -0.25) is 4.79 Å². The van der Waals surface area contributed by atoms with Crippen LogP contribution < -0.4 is 20.8 Å². The van der Waals surface area contributed by atoms with Crippen molar-refractivity contribution >= 4 is 22.8 Å². The maximum absolute atomic E-state index is 12.1. The summed E-state index contributed by atoms with van der Waals surface area (Å²) < 4.78 is 11.0. The van der Waals surface area contributed by atoms with Gasteiger partial charge in [-0.25, -0.2) is 4.79 Å². The van der Waals surface area contributed by atoms with Crippen LogP contribution in [0.2, 0.25) is 0 Å². The Hall–Kier alpha value is -2.83. The fraction of sp³-hybridized carbons (Fsp3) is 0.450. The SMILES string of the molecule is CCCCc1cc(=O)oc2c(C)c(O[C@@H](C)C(=O)N[C@@H](C)C(=O)[O-])ccc12. The number of carbonyl (C=O) groups excluding carboxylic acids is 2. The summed E-state index contributed by atoms with van der Waals surface area (Å²) in [6.07, 6.45) is 1.82. The zero-order valence-corrected chi connectivity index (χ0v) is 16.0. The molecule has 0 aliphatic heterocycles. The van der Waals surface area contributed by atoms with Crippen LogP contribution in [-0.2, 0) is 16.0 Å². The summed E-state index contributed by atoms with van der Waals surface area (Å²) in [5.41, 5.74) is 1.53. The number of amides is 1. The third kappa shape index (κ3) is 4.87. The molecule has 146 valence electrons. The molecule has 0 saturated carbocycles. The van der Waals surface area contributed by atoms with Crippen molar-refractivity contribution < 1.29 is 23.8 Å². The highest BCUT2D eigenvalue weighted by atomic mass is 16.5. The number of benzene rings is 1. The molecule has 1 amide bonds. The highest BCUT2D eigenvalue weighted by Crippen LogP contribution is 2.29. The number of nitrogens with one attached hydrogen (secondary N) is 1. The molecule has 0 saturated heterocycles. The van der Waals surface area contributed by atoms with E-state index in [1.807, 2.05) is 0 Å². The van der Waals surface area contributed by atoms with Crippen LogP contribution in [0.5, 0.6) is 5.75 Å². The second-order valence-corrected chi connectivity index (χ2v) is 6.57. The van der Waals surface area contributed by atoms with E-state index >= 15 is 0 Å². The van der Waals surface area contributed by atoms with Gasteiger partial charge in [-0.1, -0.05) is 13.3 Å². The van der Waals surface area contributed by atoms with E-state index in [-0.39, 0.29) is 0 Å². The lowest BCUT2D eigenvalue weighted by molar-refractivity contribution is -0.307. The molecule has 1 heterocycles. The van der Waals surface area contributed by atoms with E-state index in [1.54, 1.807) is 19.1 Å². The predicted molar refractivity (Wildman–Crippen MR) is 98.5 cm³/mol. The maximum atomic E-state index is 12.1. The Morgan fingerprint density at radius 3 is 2.63 bits per heavy atom. The van der Waals surface area contributed by atoms with E-state index in [2.05, 4.69) is 12.2 Å². The average Bonchev–Trinajstić information content (AvgIpc) is 2.62. The third-order valence-electron chi connectivity index (χ3n) is 4.38. The highest BCUT2D eigenvalue weighted by molar-refractivity contribution is 5.87. The van der Waals surface area contributed by atoms with Crippen molar-refractivity contribution in [2.24, 2.45) is 0 Å². The monoisotopic (exact) mass is 374 g/mol. The van der Waals surface area contributed by atoms with Gasteiger partial charge in [0.2, 0.25) is 0 Å². The second kappa shape index (κ2) is 8.70. The molecule has 1 N–H and O–H groups in total.